The lowest BCUT2D eigenvalue weighted by atomic mass is 10.4. The smallest absolute Gasteiger partial charge is 0.358 e. The minimum Gasteiger partial charge on any atom is -0.396 e. The number of hydrogen-bond acceptors (Lipinski definition) is 5. The molecule has 0 radical (unpaired) electrons. The quantitative estimate of drug-likeness (QED) is 0.445. The van der Waals surface area contributed by atoms with E-state index in [0.29, 0.717) is 13.2 Å². The molecule has 0 aromatic rings. The topological polar surface area (TPSA) is 76.0 Å². The molecule has 6 heteroatoms. The summed E-state index contributed by atoms with van der Waals surface area (Å²) in [6, 6.07) is 0. The molecule has 0 aromatic heterocycles. The van der Waals surface area contributed by atoms with Crippen LogP contribution < -0.4 is 0 Å². The van der Waals surface area contributed by atoms with Crippen molar-refractivity contribution < 1.29 is 23.8 Å². The average Bonchev–Trinajstić information content (AvgIpc) is 2.30. The number of aliphatic hydroxyl groups excluding tert-OH is 2. The monoisotopic (exact) mass is 268 g/mol. The highest BCUT2D eigenvalue weighted by Gasteiger charge is 2.33. The Morgan fingerprint density at radius 2 is 1.59 bits per heavy atom. The normalized spacial score (nSPS) is 13.9. The maximum atomic E-state index is 12.2. The van der Waals surface area contributed by atoms with Crippen molar-refractivity contribution in [1.29, 1.82) is 0 Å². The second kappa shape index (κ2) is 10.0. The SMILES string of the molecule is CCCCOP(=O)(OCCCC)C(O)CCO. The van der Waals surface area contributed by atoms with Crippen LogP contribution in [0.1, 0.15) is 46.0 Å². The summed E-state index contributed by atoms with van der Waals surface area (Å²) >= 11 is 0. The molecule has 0 aliphatic rings. The van der Waals surface area contributed by atoms with Gasteiger partial charge in [-0.25, -0.2) is 0 Å². The Bertz CT molecular complexity index is 208. The summed E-state index contributed by atoms with van der Waals surface area (Å²) in [7, 11) is -3.49. The van der Waals surface area contributed by atoms with Crippen LogP contribution in [0.3, 0.4) is 0 Å². The lowest BCUT2D eigenvalue weighted by molar-refractivity contribution is 0.121. The summed E-state index contributed by atoms with van der Waals surface area (Å²) in [5.74, 6) is -1.23. The molecule has 1 atom stereocenters. The molecule has 17 heavy (non-hydrogen) atoms. The van der Waals surface area contributed by atoms with Crippen LogP contribution in [0.2, 0.25) is 0 Å². The van der Waals surface area contributed by atoms with Crippen LogP contribution in [-0.4, -0.2) is 35.9 Å². The van der Waals surface area contributed by atoms with Crippen molar-refractivity contribution >= 4 is 7.60 Å². The molecule has 0 heterocycles. The molecule has 0 aliphatic carbocycles. The van der Waals surface area contributed by atoms with E-state index in [1.54, 1.807) is 0 Å². The average molecular weight is 268 g/mol. The van der Waals surface area contributed by atoms with E-state index in [1.807, 2.05) is 13.8 Å². The third kappa shape index (κ3) is 7.17. The van der Waals surface area contributed by atoms with Crippen LogP contribution >= 0.6 is 7.60 Å². The maximum Gasteiger partial charge on any atom is 0.358 e. The number of unbranched alkanes of at least 4 members (excludes halogenated alkanes) is 2. The third-order valence-corrected chi connectivity index (χ3v) is 4.36. The zero-order valence-electron chi connectivity index (χ0n) is 10.8. The van der Waals surface area contributed by atoms with E-state index in [-0.39, 0.29) is 13.0 Å². The molecule has 0 saturated heterocycles. The van der Waals surface area contributed by atoms with E-state index in [4.69, 9.17) is 14.2 Å². The van der Waals surface area contributed by atoms with Crippen molar-refractivity contribution in [3.05, 3.63) is 0 Å². The summed E-state index contributed by atoms with van der Waals surface area (Å²) in [4.78, 5) is 0. The van der Waals surface area contributed by atoms with Crippen molar-refractivity contribution in [3.63, 3.8) is 0 Å². The second-order valence-corrected chi connectivity index (χ2v) is 6.10. The fraction of sp³-hybridized carbons (Fsp3) is 1.00. The molecule has 0 fully saturated rings. The Morgan fingerprint density at radius 3 is 1.94 bits per heavy atom. The molecule has 0 rings (SSSR count). The molecule has 1 unspecified atom stereocenters. The van der Waals surface area contributed by atoms with E-state index >= 15 is 0 Å². The van der Waals surface area contributed by atoms with Crippen LogP contribution in [0.5, 0.6) is 0 Å². The van der Waals surface area contributed by atoms with Gasteiger partial charge in [0, 0.05) is 13.0 Å². The van der Waals surface area contributed by atoms with Gasteiger partial charge in [0.25, 0.3) is 0 Å². The summed E-state index contributed by atoms with van der Waals surface area (Å²) in [5.41, 5.74) is 0. The van der Waals surface area contributed by atoms with Gasteiger partial charge >= 0.3 is 7.60 Å². The summed E-state index contributed by atoms with van der Waals surface area (Å²) in [6.45, 7) is 4.37. The lowest BCUT2D eigenvalue weighted by Gasteiger charge is -2.22. The van der Waals surface area contributed by atoms with Gasteiger partial charge in [0.2, 0.25) is 0 Å². The third-order valence-electron chi connectivity index (χ3n) is 2.29. The molecule has 0 spiro atoms. The van der Waals surface area contributed by atoms with Gasteiger partial charge in [-0.05, 0) is 12.8 Å². The van der Waals surface area contributed by atoms with Gasteiger partial charge in [0.1, 0.15) is 0 Å². The second-order valence-electron chi connectivity index (χ2n) is 3.91. The Kier molecular flexibility index (Phi) is 10.1. The fourth-order valence-electron chi connectivity index (χ4n) is 1.16. The Balaban J connectivity index is 4.28. The predicted octanol–water partition coefficient (Wildman–Crippen LogP) is 2.51. The van der Waals surface area contributed by atoms with E-state index < -0.39 is 13.4 Å². The molecule has 2 N–H and O–H groups in total. The van der Waals surface area contributed by atoms with E-state index in [0.717, 1.165) is 25.7 Å². The highest BCUT2D eigenvalue weighted by Crippen LogP contribution is 2.53. The van der Waals surface area contributed by atoms with Crippen molar-refractivity contribution in [3.8, 4) is 0 Å². The summed E-state index contributed by atoms with van der Waals surface area (Å²) in [6.07, 6.45) is 3.39. The summed E-state index contributed by atoms with van der Waals surface area (Å²) in [5, 5.41) is 18.4. The summed E-state index contributed by atoms with van der Waals surface area (Å²) < 4.78 is 22.7. The fourth-order valence-corrected chi connectivity index (χ4v) is 2.77. The maximum absolute atomic E-state index is 12.2. The Hall–Kier alpha value is 0.0700. The zero-order valence-corrected chi connectivity index (χ0v) is 11.7. The standard InChI is InChI=1S/C11H25O5P/c1-3-5-9-15-17(14,11(13)7-8-12)16-10-6-4-2/h11-13H,3-10H2,1-2H3. The molecular formula is C11H25O5P. The molecular weight excluding hydrogens is 243 g/mol. The molecule has 104 valence electrons. The van der Waals surface area contributed by atoms with Gasteiger partial charge < -0.3 is 19.3 Å². The van der Waals surface area contributed by atoms with E-state index in [2.05, 4.69) is 0 Å². The van der Waals surface area contributed by atoms with Crippen molar-refractivity contribution in [2.24, 2.45) is 0 Å². The van der Waals surface area contributed by atoms with Gasteiger partial charge in [-0.3, -0.25) is 4.57 Å². The number of rotatable bonds is 11. The number of aliphatic hydroxyl groups is 2. The Morgan fingerprint density at radius 1 is 1.12 bits per heavy atom. The first kappa shape index (κ1) is 17.1. The molecule has 0 amide bonds. The zero-order chi connectivity index (χ0) is 13.1. The van der Waals surface area contributed by atoms with Crippen molar-refractivity contribution in [2.75, 3.05) is 19.8 Å². The first-order valence-electron chi connectivity index (χ1n) is 6.28. The van der Waals surface area contributed by atoms with Gasteiger partial charge in [-0.1, -0.05) is 26.7 Å². The van der Waals surface area contributed by atoms with Gasteiger partial charge in [0.05, 0.1) is 13.2 Å². The predicted molar refractivity (Wildman–Crippen MR) is 67.0 cm³/mol. The molecule has 0 bridgehead atoms. The first-order valence-corrected chi connectivity index (χ1v) is 7.89. The lowest BCUT2D eigenvalue weighted by Crippen LogP contribution is -2.15. The van der Waals surface area contributed by atoms with Crippen LogP contribution in [0.25, 0.3) is 0 Å². The van der Waals surface area contributed by atoms with Gasteiger partial charge in [-0.2, -0.15) is 0 Å². The van der Waals surface area contributed by atoms with Crippen LogP contribution in [0.15, 0.2) is 0 Å². The van der Waals surface area contributed by atoms with Crippen LogP contribution in [-0.2, 0) is 13.6 Å². The minimum absolute atomic E-state index is 0.00945. The van der Waals surface area contributed by atoms with Crippen molar-refractivity contribution in [1.82, 2.24) is 0 Å². The highest BCUT2D eigenvalue weighted by atomic mass is 31.2. The molecule has 5 nitrogen and oxygen atoms in total. The Labute approximate surface area is 104 Å². The first-order chi connectivity index (χ1) is 8.10. The highest BCUT2D eigenvalue weighted by molar-refractivity contribution is 7.54. The van der Waals surface area contributed by atoms with E-state index in [1.165, 1.54) is 0 Å². The molecule has 0 aliphatic heterocycles. The van der Waals surface area contributed by atoms with Crippen molar-refractivity contribution in [2.45, 2.75) is 51.8 Å². The van der Waals surface area contributed by atoms with E-state index in [9.17, 15) is 9.67 Å². The minimum atomic E-state index is -3.49. The van der Waals surface area contributed by atoms with Crippen LogP contribution in [0.4, 0.5) is 0 Å². The van der Waals surface area contributed by atoms with Crippen LogP contribution in [0, 0.1) is 0 Å². The molecule has 0 saturated carbocycles. The van der Waals surface area contributed by atoms with Gasteiger partial charge in [-0.15, -0.1) is 0 Å². The van der Waals surface area contributed by atoms with Gasteiger partial charge in [0.15, 0.2) is 5.85 Å². The number of hydrogen-bond donors (Lipinski definition) is 2. The largest absolute Gasteiger partial charge is 0.396 e. The molecule has 0 aromatic carbocycles.